The van der Waals surface area contributed by atoms with E-state index in [2.05, 4.69) is 44.0 Å². The highest BCUT2D eigenvalue weighted by atomic mass is 33.1. The number of aliphatic hydroxyl groups is 1. The molecule has 5 rings (SSSR count). The van der Waals surface area contributed by atoms with Crippen LogP contribution in [-0.4, -0.2) is 21.9 Å². The van der Waals surface area contributed by atoms with Crippen LogP contribution >= 0.6 is 21.6 Å². The maximum atomic E-state index is 10.3. The van der Waals surface area contributed by atoms with Crippen LogP contribution in [0.1, 0.15) is 72.1 Å². The third-order valence-corrected chi connectivity index (χ3v) is 12.4. The number of hydrogen-bond acceptors (Lipinski definition) is 4. The first-order chi connectivity index (χ1) is 14.9. The number of pyridine rings is 1. The lowest BCUT2D eigenvalue weighted by atomic mass is 9.47. The van der Waals surface area contributed by atoms with Crippen molar-refractivity contribution in [2.75, 3.05) is 5.75 Å². The molecule has 1 heterocycles. The molecule has 170 valence electrons. The molecule has 2 nitrogen and oxygen atoms in total. The van der Waals surface area contributed by atoms with Gasteiger partial charge in [-0.3, -0.25) is 0 Å². The van der Waals surface area contributed by atoms with Crippen LogP contribution in [0.2, 0.25) is 0 Å². The fourth-order valence-electron chi connectivity index (χ4n) is 8.18. The van der Waals surface area contributed by atoms with Crippen LogP contribution in [0.25, 0.3) is 0 Å². The third-order valence-electron chi connectivity index (χ3n) is 9.93. The lowest BCUT2D eigenvalue weighted by Gasteiger charge is -2.57. The number of aliphatic hydroxyl groups excluding tert-OH is 1. The van der Waals surface area contributed by atoms with Crippen molar-refractivity contribution in [1.29, 1.82) is 0 Å². The normalized spacial score (nSPS) is 42.8. The van der Waals surface area contributed by atoms with E-state index in [4.69, 9.17) is 0 Å². The minimum absolute atomic E-state index is 0.0555. The predicted octanol–water partition coefficient (Wildman–Crippen LogP) is 7.40. The zero-order chi connectivity index (χ0) is 21.6. The molecule has 8 atom stereocenters. The molecule has 1 N–H and O–H groups in total. The Kier molecular flexibility index (Phi) is 6.29. The first kappa shape index (κ1) is 22.3. The molecule has 0 spiro atoms. The maximum absolute atomic E-state index is 10.3. The highest BCUT2D eigenvalue weighted by Crippen LogP contribution is 2.66. The summed E-state index contributed by atoms with van der Waals surface area (Å²) in [5.74, 6) is 5.09. The average molecular weight is 458 g/mol. The highest BCUT2D eigenvalue weighted by Gasteiger charge is 2.58. The Morgan fingerprint density at radius 2 is 1.90 bits per heavy atom. The summed E-state index contributed by atoms with van der Waals surface area (Å²) < 4.78 is 0. The first-order valence-corrected chi connectivity index (χ1v) is 14.8. The third kappa shape index (κ3) is 3.93. The Bertz CT molecular complexity index is 813. The van der Waals surface area contributed by atoms with Gasteiger partial charge in [0.2, 0.25) is 0 Å². The van der Waals surface area contributed by atoms with Gasteiger partial charge >= 0.3 is 0 Å². The van der Waals surface area contributed by atoms with Gasteiger partial charge < -0.3 is 5.11 Å². The summed E-state index contributed by atoms with van der Waals surface area (Å²) in [6, 6.07) is 6.19. The Hall–Kier alpha value is -0.450. The highest BCUT2D eigenvalue weighted by molar-refractivity contribution is 8.76. The number of allylic oxidation sites excluding steroid dienone is 2. The summed E-state index contributed by atoms with van der Waals surface area (Å²) in [6.45, 7) is 7.72. The molecule has 31 heavy (non-hydrogen) atoms. The summed E-state index contributed by atoms with van der Waals surface area (Å²) in [6.07, 6.45) is 14.6. The minimum atomic E-state index is -0.0555. The Balaban J connectivity index is 1.27. The molecule has 4 unspecified atom stereocenters. The molecule has 1 aromatic rings. The quantitative estimate of drug-likeness (QED) is 0.369. The van der Waals surface area contributed by atoms with Crippen molar-refractivity contribution in [3.8, 4) is 0 Å². The van der Waals surface area contributed by atoms with E-state index in [0.717, 1.165) is 41.5 Å². The van der Waals surface area contributed by atoms with Crippen molar-refractivity contribution in [2.24, 2.45) is 40.4 Å². The number of fused-ring (bicyclic) bond motifs is 5. The van der Waals surface area contributed by atoms with Gasteiger partial charge in [-0.1, -0.05) is 49.3 Å². The van der Waals surface area contributed by atoms with Gasteiger partial charge in [-0.2, -0.15) is 0 Å². The summed E-state index contributed by atoms with van der Waals surface area (Å²) >= 11 is 0. The average Bonchev–Trinajstić information content (AvgIpc) is 3.12. The van der Waals surface area contributed by atoms with Crippen molar-refractivity contribution >= 4 is 21.6 Å². The summed E-state index contributed by atoms with van der Waals surface area (Å²) in [5, 5.41) is 11.4. The largest absolute Gasteiger partial charge is 0.393 e. The number of hydrogen-bond donors (Lipinski definition) is 1. The second-order valence-electron chi connectivity index (χ2n) is 11.4. The van der Waals surface area contributed by atoms with Gasteiger partial charge in [0.1, 0.15) is 5.03 Å². The maximum Gasteiger partial charge on any atom is 0.106 e. The smallest absolute Gasteiger partial charge is 0.106 e. The van der Waals surface area contributed by atoms with Gasteiger partial charge in [0, 0.05) is 11.9 Å². The predicted molar refractivity (Wildman–Crippen MR) is 133 cm³/mol. The molecule has 4 aliphatic carbocycles. The van der Waals surface area contributed by atoms with Gasteiger partial charge in [-0.05, 0) is 115 Å². The Labute approximate surface area is 196 Å². The fraction of sp³-hybridized carbons (Fsp3) is 0.741. The zero-order valence-corrected chi connectivity index (χ0v) is 21.1. The molecule has 0 radical (unpaired) electrons. The van der Waals surface area contributed by atoms with Crippen molar-refractivity contribution in [3.63, 3.8) is 0 Å². The molecule has 4 aliphatic rings. The molecule has 1 aromatic heterocycles. The molecule has 0 saturated heterocycles. The van der Waals surface area contributed by atoms with Crippen molar-refractivity contribution < 1.29 is 5.11 Å². The van der Waals surface area contributed by atoms with Crippen LogP contribution in [0.15, 0.2) is 41.1 Å². The number of nitrogens with zero attached hydrogens (tertiary/aromatic N) is 1. The van der Waals surface area contributed by atoms with E-state index in [0.29, 0.717) is 16.7 Å². The van der Waals surface area contributed by atoms with Gasteiger partial charge in [0.15, 0.2) is 0 Å². The lowest BCUT2D eigenvalue weighted by Crippen LogP contribution is -2.50. The molecule has 0 aromatic carbocycles. The fourth-order valence-corrected chi connectivity index (χ4v) is 10.6. The van der Waals surface area contributed by atoms with Crippen molar-refractivity contribution in [1.82, 2.24) is 4.98 Å². The molecule has 0 amide bonds. The van der Waals surface area contributed by atoms with Gasteiger partial charge in [-0.25, -0.2) is 4.98 Å². The van der Waals surface area contributed by atoms with E-state index in [1.54, 1.807) is 0 Å². The Morgan fingerprint density at radius 3 is 2.71 bits per heavy atom. The van der Waals surface area contributed by atoms with E-state index in [9.17, 15) is 5.11 Å². The van der Waals surface area contributed by atoms with Crippen LogP contribution in [0, 0.1) is 40.4 Å². The number of aromatic nitrogens is 1. The molecule has 4 heteroatoms. The van der Waals surface area contributed by atoms with Gasteiger partial charge in [0.05, 0.1) is 6.10 Å². The molecular weight excluding hydrogens is 418 g/mol. The topological polar surface area (TPSA) is 33.1 Å². The molecule has 0 bridgehead atoms. The van der Waals surface area contributed by atoms with Crippen LogP contribution in [0.4, 0.5) is 0 Å². The van der Waals surface area contributed by atoms with Gasteiger partial charge in [0.25, 0.3) is 0 Å². The second kappa shape index (κ2) is 8.72. The lowest BCUT2D eigenvalue weighted by molar-refractivity contribution is -0.0419. The van der Waals surface area contributed by atoms with Gasteiger partial charge in [-0.15, -0.1) is 0 Å². The standard InChI is InChI=1S/C27H39NOS2/c1-18(17-30-31-25-6-4-5-15-28-25)22-9-10-23-21-8-7-19-16-20(29)11-13-26(19,2)24(21)12-14-27(22,23)3/h4-6,8,15,18-20,22-24,29H,7,9-14,16-17H2,1-3H3/t18-,19?,20+,22?,23?,24?,26+,27-/m1/s1. The van der Waals surface area contributed by atoms with Crippen LogP contribution in [-0.2, 0) is 0 Å². The summed E-state index contributed by atoms with van der Waals surface area (Å²) in [7, 11) is 3.83. The van der Waals surface area contributed by atoms with E-state index in [1.807, 2.05) is 39.4 Å². The zero-order valence-electron chi connectivity index (χ0n) is 19.4. The van der Waals surface area contributed by atoms with E-state index < -0.39 is 0 Å². The van der Waals surface area contributed by atoms with Crippen molar-refractivity contribution in [2.45, 2.75) is 83.3 Å². The van der Waals surface area contributed by atoms with Crippen LogP contribution < -0.4 is 0 Å². The second-order valence-corrected chi connectivity index (χ2v) is 13.8. The molecule has 3 fully saturated rings. The van der Waals surface area contributed by atoms with Crippen LogP contribution in [0.5, 0.6) is 0 Å². The van der Waals surface area contributed by atoms with E-state index >= 15 is 0 Å². The molecule has 3 saturated carbocycles. The van der Waals surface area contributed by atoms with E-state index in [-0.39, 0.29) is 6.10 Å². The van der Waals surface area contributed by atoms with Crippen LogP contribution in [0.3, 0.4) is 0 Å². The SMILES string of the molecule is C[C@H](CSSc1ccccn1)C1CCC2C3=CCC4C[C@@H](O)CC[C@]4(C)C3CC[C@@]21C. The Morgan fingerprint density at radius 1 is 1.10 bits per heavy atom. The number of rotatable bonds is 5. The first-order valence-electron chi connectivity index (χ1n) is 12.5. The van der Waals surface area contributed by atoms with Crippen molar-refractivity contribution in [3.05, 3.63) is 36.0 Å². The minimum Gasteiger partial charge on any atom is -0.393 e. The van der Waals surface area contributed by atoms with E-state index in [1.165, 1.54) is 44.3 Å². The summed E-state index contributed by atoms with van der Waals surface area (Å²) in [5.41, 5.74) is 2.76. The summed E-state index contributed by atoms with van der Waals surface area (Å²) in [4.78, 5) is 4.46. The molecular formula is C27H39NOS2. The monoisotopic (exact) mass is 457 g/mol. The molecule has 0 aliphatic heterocycles.